The van der Waals surface area contributed by atoms with E-state index in [1.165, 1.54) is 11.0 Å². The number of rotatable bonds is 4. The van der Waals surface area contributed by atoms with Crippen molar-refractivity contribution in [2.45, 2.75) is 19.4 Å². The molecule has 0 radical (unpaired) electrons. The highest BCUT2D eigenvalue weighted by Crippen LogP contribution is 2.22. The van der Waals surface area contributed by atoms with Crippen molar-refractivity contribution in [3.05, 3.63) is 27.3 Å². The summed E-state index contributed by atoms with van der Waals surface area (Å²) in [6.45, 7) is 1.78. The van der Waals surface area contributed by atoms with Crippen LogP contribution in [0, 0.1) is 3.57 Å². The first-order chi connectivity index (χ1) is 8.86. The van der Waals surface area contributed by atoms with Crippen molar-refractivity contribution in [2.75, 3.05) is 7.05 Å². The molecule has 0 bridgehead atoms. The standard InChI is InChI=1S/C12H16IN3O3/c1-7(5-11(14)15-19)16(2)12(18)9-6-8(13)3-4-10(9)17/h3-4,6-7,17,19H,5H2,1-2H3,(H2,14,15). The van der Waals surface area contributed by atoms with Gasteiger partial charge in [-0.3, -0.25) is 4.79 Å². The fourth-order valence-corrected chi connectivity index (χ4v) is 2.04. The highest BCUT2D eigenvalue weighted by atomic mass is 127. The fourth-order valence-electron chi connectivity index (χ4n) is 1.55. The predicted molar refractivity (Wildman–Crippen MR) is 80.4 cm³/mol. The summed E-state index contributed by atoms with van der Waals surface area (Å²) in [5, 5.41) is 21.1. The molecule has 1 atom stereocenters. The minimum Gasteiger partial charge on any atom is -0.507 e. The minimum absolute atomic E-state index is 0.0546. The van der Waals surface area contributed by atoms with Gasteiger partial charge in [0.15, 0.2) is 0 Å². The molecule has 0 fully saturated rings. The van der Waals surface area contributed by atoms with Gasteiger partial charge in [-0.05, 0) is 47.7 Å². The van der Waals surface area contributed by atoms with E-state index in [0.29, 0.717) is 0 Å². The van der Waals surface area contributed by atoms with E-state index in [4.69, 9.17) is 10.9 Å². The predicted octanol–water partition coefficient (Wildman–Crippen LogP) is 1.59. The summed E-state index contributed by atoms with van der Waals surface area (Å²) >= 11 is 2.07. The van der Waals surface area contributed by atoms with Gasteiger partial charge >= 0.3 is 0 Å². The van der Waals surface area contributed by atoms with Gasteiger partial charge in [-0.15, -0.1) is 0 Å². The molecule has 104 valence electrons. The maximum Gasteiger partial charge on any atom is 0.257 e. The van der Waals surface area contributed by atoms with Crippen molar-refractivity contribution in [2.24, 2.45) is 10.9 Å². The summed E-state index contributed by atoms with van der Waals surface area (Å²) in [7, 11) is 1.61. The highest BCUT2D eigenvalue weighted by Gasteiger charge is 2.21. The van der Waals surface area contributed by atoms with Gasteiger partial charge in [-0.25, -0.2) is 0 Å². The number of amides is 1. The van der Waals surface area contributed by atoms with Crippen LogP contribution in [0.2, 0.25) is 0 Å². The molecule has 19 heavy (non-hydrogen) atoms. The molecule has 0 aromatic heterocycles. The molecule has 1 unspecified atom stereocenters. The summed E-state index contributed by atoms with van der Waals surface area (Å²) < 4.78 is 0.858. The minimum atomic E-state index is -0.311. The Hall–Kier alpha value is -1.51. The number of halogens is 1. The van der Waals surface area contributed by atoms with Crippen LogP contribution in [0.1, 0.15) is 23.7 Å². The van der Waals surface area contributed by atoms with Gasteiger partial charge in [-0.2, -0.15) is 0 Å². The lowest BCUT2D eigenvalue weighted by Crippen LogP contribution is -2.37. The van der Waals surface area contributed by atoms with Crippen LogP contribution < -0.4 is 5.73 Å². The first kappa shape index (κ1) is 15.5. The van der Waals surface area contributed by atoms with Gasteiger partial charge < -0.3 is 20.9 Å². The van der Waals surface area contributed by atoms with Crippen LogP contribution in [0.4, 0.5) is 0 Å². The second kappa shape index (κ2) is 6.60. The average Bonchev–Trinajstić information content (AvgIpc) is 2.39. The van der Waals surface area contributed by atoms with Crippen molar-refractivity contribution < 1.29 is 15.1 Å². The Kier molecular flexibility index (Phi) is 5.40. The first-order valence-corrected chi connectivity index (χ1v) is 6.66. The lowest BCUT2D eigenvalue weighted by atomic mass is 10.1. The van der Waals surface area contributed by atoms with E-state index in [1.807, 2.05) is 0 Å². The molecular formula is C12H16IN3O3. The van der Waals surface area contributed by atoms with Crippen molar-refractivity contribution >= 4 is 34.3 Å². The summed E-state index contributed by atoms with van der Waals surface area (Å²) in [5.74, 6) is -0.318. The Morgan fingerprint density at radius 3 is 2.79 bits per heavy atom. The Morgan fingerprint density at radius 2 is 2.21 bits per heavy atom. The number of amidine groups is 1. The molecule has 1 aromatic rings. The van der Waals surface area contributed by atoms with Crippen LogP contribution in [0.5, 0.6) is 5.75 Å². The van der Waals surface area contributed by atoms with Crippen LogP contribution >= 0.6 is 22.6 Å². The molecule has 0 aliphatic heterocycles. The van der Waals surface area contributed by atoms with Gasteiger partial charge in [0.1, 0.15) is 11.6 Å². The number of carbonyl (C=O) groups is 1. The van der Waals surface area contributed by atoms with E-state index in [9.17, 15) is 9.90 Å². The normalized spacial score (nSPS) is 13.1. The summed E-state index contributed by atoms with van der Waals surface area (Å²) in [4.78, 5) is 13.7. The third-order valence-electron chi connectivity index (χ3n) is 2.80. The number of phenolic OH excluding ortho intramolecular Hbond substituents is 1. The number of hydrogen-bond acceptors (Lipinski definition) is 4. The van der Waals surface area contributed by atoms with Crippen molar-refractivity contribution in [3.63, 3.8) is 0 Å². The average molecular weight is 377 g/mol. The third kappa shape index (κ3) is 3.98. The van der Waals surface area contributed by atoms with Crippen LogP contribution in [-0.2, 0) is 0 Å². The van der Waals surface area contributed by atoms with Crippen molar-refractivity contribution in [1.29, 1.82) is 0 Å². The fraction of sp³-hybridized carbons (Fsp3) is 0.333. The second-order valence-electron chi connectivity index (χ2n) is 4.22. The Labute approximate surface area is 125 Å². The lowest BCUT2D eigenvalue weighted by molar-refractivity contribution is 0.0744. The van der Waals surface area contributed by atoms with E-state index >= 15 is 0 Å². The molecule has 1 amide bonds. The molecule has 0 aliphatic rings. The van der Waals surface area contributed by atoms with Crippen LogP contribution in [0.15, 0.2) is 23.4 Å². The molecule has 0 saturated carbocycles. The van der Waals surface area contributed by atoms with Crippen LogP contribution in [0.25, 0.3) is 0 Å². The number of nitrogens with two attached hydrogens (primary N) is 1. The smallest absolute Gasteiger partial charge is 0.257 e. The van der Waals surface area contributed by atoms with Crippen LogP contribution in [-0.4, -0.2) is 40.0 Å². The quantitative estimate of drug-likeness (QED) is 0.244. The number of aromatic hydroxyl groups is 1. The van der Waals surface area contributed by atoms with Gasteiger partial charge in [0.2, 0.25) is 0 Å². The molecule has 0 spiro atoms. The van der Waals surface area contributed by atoms with Gasteiger partial charge in [0, 0.05) is 23.1 Å². The monoisotopic (exact) mass is 377 g/mol. The molecule has 7 heteroatoms. The lowest BCUT2D eigenvalue weighted by Gasteiger charge is -2.25. The Bertz CT molecular complexity index is 505. The maximum atomic E-state index is 12.2. The Balaban J connectivity index is 2.90. The van der Waals surface area contributed by atoms with Crippen molar-refractivity contribution in [3.8, 4) is 5.75 Å². The van der Waals surface area contributed by atoms with E-state index in [0.717, 1.165) is 3.57 Å². The molecule has 1 rings (SSSR count). The van der Waals surface area contributed by atoms with E-state index in [-0.39, 0.29) is 35.5 Å². The molecule has 4 N–H and O–H groups in total. The number of benzene rings is 1. The number of oxime groups is 1. The number of carbonyl (C=O) groups excluding carboxylic acids is 1. The molecule has 0 heterocycles. The number of hydrogen-bond donors (Lipinski definition) is 3. The zero-order chi connectivity index (χ0) is 14.6. The second-order valence-corrected chi connectivity index (χ2v) is 5.47. The molecule has 0 aliphatic carbocycles. The highest BCUT2D eigenvalue weighted by molar-refractivity contribution is 14.1. The topological polar surface area (TPSA) is 99.2 Å². The molecule has 1 aromatic carbocycles. The van der Waals surface area contributed by atoms with Crippen LogP contribution in [0.3, 0.4) is 0 Å². The van der Waals surface area contributed by atoms with Gasteiger partial charge in [0.05, 0.1) is 5.56 Å². The molecule has 6 nitrogen and oxygen atoms in total. The summed E-state index contributed by atoms with van der Waals surface area (Å²) in [6.07, 6.45) is 0.253. The zero-order valence-electron chi connectivity index (χ0n) is 10.7. The zero-order valence-corrected chi connectivity index (χ0v) is 12.8. The largest absolute Gasteiger partial charge is 0.507 e. The van der Waals surface area contributed by atoms with E-state index in [1.54, 1.807) is 26.1 Å². The van der Waals surface area contributed by atoms with E-state index in [2.05, 4.69) is 27.7 Å². The molecular weight excluding hydrogens is 361 g/mol. The SMILES string of the molecule is CC(C/C(N)=N/O)N(C)C(=O)c1cc(I)ccc1O. The maximum absolute atomic E-state index is 12.2. The van der Waals surface area contributed by atoms with Crippen molar-refractivity contribution in [1.82, 2.24) is 4.90 Å². The molecule has 0 saturated heterocycles. The summed E-state index contributed by atoms with van der Waals surface area (Å²) in [5.41, 5.74) is 5.65. The van der Waals surface area contributed by atoms with E-state index < -0.39 is 0 Å². The third-order valence-corrected chi connectivity index (χ3v) is 3.47. The van der Waals surface area contributed by atoms with Gasteiger partial charge in [0.25, 0.3) is 5.91 Å². The number of phenols is 1. The first-order valence-electron chi connectivity index (χ1n) is 5.59. The Morgan fingerprint density at radius 1 is 1.58 bits per heavy atom. The number of nitrogens with zero attached hydrogens (tertiary/aromatic N) is 2. The van der Waals surface area contributed by atoms with Gasteiger partial charge in [-0.1, -0.05) is 5.16 Å². The summed E-state index contributed by atoms with van der Waals surface area (Å²) in [6, 6.07) is 4.56.